The molecule has 1 aromatic rings. The third kappa shape index (κ3) is 4.58. The zero-order chi connectivity index (χ0) is 18.6. The maximum absolute atomic E-state index is 11.6. The smallest absolute Gasteiger partial charge is 0.358 e. The molecule has 0 bridgehead atoms. The fraction of sp³-hybridized carbons (Fsp3) is 0.750. The average molecular weight is 374 g/mol. The molecule has 0 unspecified atom stereocenters. The van der Waals surface area contributed by atoms with Crippen molar-refractivity contribution in [2.75, 3.05) is 44.8 Å². The van der Waals surface area contributed by atoms with Crippen molar-refractivity contribution < 1.29 is 14.3 Å². The number of anilines is 1. The van der Waals surface area contributed by atoms with Crippen LogP contribution in [0.25, 0.3) is 0 Å². The van der Waals surface area contributed by atoms with Gasteiger partial charge < -0.3 is 19.7 Å². The number of esters is 1. The number of nitrogens with zero attached hydrogens (tertiary/aromatic N) is 3. The minimum absolute atomic E-state index is 0.259. The predicted octanol–water partition coefficient (Wildman–Crippen LogP) is 2.20. The zero-order valence-electron chi connectivity index (χ0n) is 16.1. The van der Waals surface area contributed by atoms with E-state index in [0.29, 0.717) is 12.6 Å². The summed E-state index contributed by atoms with van der Waals surface area (Å²) < 4.78 is 10.4. The van der Waals surface area contributed by atoms with Gasteiger partial charge in [-0.25, -0.2) is 4.79 Å². The Morgan fingerprint density at radius 2 is 1.96 bits per heavy atom. The number of fused-ring (bicyclic) bond motifs is 1. The number of carbonyl (C=O) groups is 1. The fourth-order valence-electron chi connectivity index (χ4n) is 4.89. The van der Waals surface area contributed by atoms with E-state index in [1.165, 1.54) is 45.3 Å². The summed E-state index contributed by atoms with van der Waals surface area (Å²) >= 11 is 0. The molecule has 2 saturated heterocycles. The van der Waals surface area contributed by atoms with Crippen LogP contribution < -0.4 is 5.32 Å². The Hall–Kier alpha value is -1.73. The molecule has 148 valence electrons. The van der Waals surface area contributed by atoms with Gasteiger partial charge in [0, 0.05) is 38.9 Å². The lowest BCUT2D eigenvalue weighted by Crippen LogP contribution is -2.32. The fourth-order valence-corrected chi connectivity index (χ4v) is 4.89. The van der Waals surface area contributed by atoms with Crippen molar-refractivity contribution in [3.63, 3.8) is 0 Å². The average Bonchev–Trinajstić information content (AvgIpc) is 3.21. The molecule has 3 atom stereocenters. The molecule has 2 aliphatic heterocycles. The van der Waals surface area contributed by atoms with Crippen LogP contribution in [0.1, 0.15) is 43.1 Å². The van der Waals surface area contributed by atoms with Crippen LogP contribution in [0, 0.1) is 17.8 Å². The molecular formula is C20H30N4O3. The van der Waals surface area contributed by atoms with Gasteiger partial charge in [-0.05, 0) is 62.5 Å². The standard InChI is InChI=1S/C20H30N4O3/c1-2-27-20(25)18-3-4-19(23-22-18)21-17-9-15-12-24(13-16(15)10-17)11-14-5-7-26-8-6-14/h3-4,14-17H,2,5-13H2,1H3,(H,21,23)/t15-,16+,17-. The topological polar surface area (TPSA) is 76.6 Å². The summed E-state index contributed by atoms with van der Waals surface area (Å²) in [4.78, 5) is 14.3. The molecular weight excluding hydrogens is 344 g/mol. The van der Waals surface area contributed by atoms with Gasteiger partial charge >= 0.3 is 5.97 Å². The van der Waals surface area contributed by atoms with E-state index in [1.54, 1.807) is 13.0 Å². The molecule has 27 heavy (non-hydrogen) atoms. The monoisotopic (exact) mass is 374 g/mol. The number of hydrogen-bond donors (Lipinski definition) is 1. The molecule has 0 amide bonds. The van der Waals surface area contributed by atoms with E-state index >= 15 is 0 Å². The second-order valence-corrected chi connectivity index (χ2v) is 8.13. The SMILES string of the molecule is CCOC(=O)c1ccc(N[C@@H]2C[C@@H]3CN(CC4CCOCC4)C[C@@H]3C2)nn1. The van der Waals surface area contributed by atoms with E-state index in [0.717, 1.165) is 36.8 Å². The number of aromatic nitrogens is 2. The van der Waals surface area contributed by atoms with E-state index in [2.05, 4.69) is 20.4 Å². The number of carbonyl (C=O) groups excluding carboxylic acids is 1. The second-order valence-electron chi connectivity index (χ2n) is 8.13. The van der Waals surface area contributed by atoms with Gasteiger partial charge in [-0.15, -0.1) is 10.2 Å². The van der Waals surface area contributed by atoms with Gasteiger partial charge in [0.15, 0.2) is 5.69 Å². The van der Waals surface area contributed by atoms with Crippen molar-refractivity contribution in [1.29, 1.82) is 0 Å². The van der Waals surface area contributed by atoms with E-state index in [1.807, 2.05) is 6.07 Å². The zero-order valence-corrected chi connectivity index (χ0v) is 16.1. The molecule has 4 rings (SSSR count). The Labute approximate surface area is 160 Å². The summed E-state index contributed by atoms with van der Waals surface area (Å²) in [5, 5.41) is 11.6. The summed E-state index contributed by atoms with van der Waals surface area (Å²) in [6.45, 7) is 7.71. The van der Waals surface area contributed by atoms with E-state index in [4.69, 9.17) is 9.47 Å². The summed E-state index contributed by atoms with van der Waals surface area (Å²) in [7, 11) is 0. The molecule has 0 spiro atoms. The van der Waals surface area contributed by atoms with Crippen LogP contribution in [-0.4, -0.2) is 66.6 Å². The third-order valence-electron chi connectivity index (χ3n) is 6.19. The number of rotatable bonds is 6. The van der Waals surface area contributed by atoms with Gasteiger partial charge in [0.1, 0.15) is 5.82 Å². The van der Waals surface area contributed by atoms with Crippen molar-refractivity contribution in [3.8, 4) is 0 Å². The van der Waals surface area contributed by atoms with Gasteiger partial charge in [0.05, 0.1) is 6.61 Å². The highest BCUT2D eigenvalue weighted by Crippen LogP contribution is 2.39. The third-order valence-corrected chi connectivity index (χ3v) is 6.19. The van der Waals surface area contributed by atoms with Gasteiger partial charge in [-0.3, -0.25) is 0 Å². The summed E-state index contributed by atoms with van der Waals surface area (Å²) in [6, 6.07) is 3.96. The van der Waals surface area contributed by atoms with E-state index in [-0.39, 0.29) is 5.69 Å². The van der Waals surface area contributed by atoms with Gasteiger partial charge in [0.2, 0.25) is 0 Å². The number of hydrogen-bond acceptors (Lipinski definition) is 7. The lowest BCUT2D eigenvalue weighted by Gasteiger charge is -2.27. The van der Waals surface area contributed by atoms with E-state index in [9.17, 15) is 4.79 Å². The molecule has 0 radical (unpaired) electrons. The van der Waals surface area contributed by atoms with Gasteiger partial charge in [0.25, 0.3) is 0 Å². The van der Waals surface area contributed by atoms with Crippen molar-refractivity contribution >= 4 is 11.8 Å². The van der Waals surface area contributed by atoms with Crippen LogP contribution in [0.3, 0.4) is 0 Å². The Balaban J connectivity index is 1.24. The van der Waals surface area contributed by atoms with Crippen molar-refractivity contribution in [1.82, 2.24) is 15.1 Å². The molecule has 3 heterocycles. The van der Waals surface area contributed by atoms with Crippen molar-refractivity contribution in [2.45, 2.75) is 38.6 Å². The summed E-state index contributed by atoms with van der Waals surface area (Å²) in [6.07, 6.45) is 4.82. The Morgan fingerprint density at radius 3 is 2.59 bits per heavy atom. The molecule has 1 aliphatic carbocycles. The summed E-state index contributed by atoms with van der Waals surface area (Å²) in [5.74, 6) is 2.71. The Kier molecular flexibility index (Phi) is 5.88. The number of ether oxygens (including phenoxy) is 2. The first-order valence-corrected chi connectivity index (χ1v) is 10.3. The predicted molar refractivity (Wildman–Crippen MR) is 102 cm³/mol. The van der Waals surface area contributed by atoms with Crippen LogP contribution in [0.15, 0.2) is 12.1 Å². The molecule has 3 fully saturated rings. The highest BCUT2D eigenvalue weighted by molar-refractivity contribution is 5.87. The van der Waals surface area contributed by atoms with Crippen LogP contribution in [0.4, 0.5) is 5.82 Å². The first-order valence-electron chi connectivity index (χ1n) is 10.3. The molecule has 7 nitrogen and oxygen atoms in total. The van der Waals surface area contributed by atoms with Gasteiger partial charge in [-0.2, -0.15) is 0 Å². The van der Waals surface area contributed by atoms with E-state index < -0.39 is 5.97 Å². The van der Waals surface area contributed by atoms with Crippen molar-refractivity contribution in [2.24, 2.45) is 17.8 Å². The normalized spacial score (nSPS) is 28.9. The van der Waals surface area contributed by atoms with Crippen LogP contribution in [0.2, 0.25) is 0 Å². The Morgan fingerprint density at radius 1 is 1.22 bits per heavy atom. The van der Waals surface area contributed by atoms with Gasteiger partial charge in [-0.1, -0.05) is 0 Å². The molecule has 1 saturated carbocycles. The lowest BCUT2D eigenvalue weighted by molar-refractivity contribution is 0.0518. The first-order chi connectivity index (χ1) is 13.2. The maximum Gasteiger partial charge on any atom is 0.358 e. The molecule has 0 aromatic carbocycles. The minimum Gasteiger partial charge on any atom is -0.461 e. The molecule has 1 aromatic heterocycles. The molecule has 3 aliphatic rings. The number of nitrogens with one attached hydrogen (secondary N) is 1. The van der Waals surface area contributed by atoms with Crippen molar-refractivity contribution in [3.05, 3.63) is 17.8 Å². The molecule has 7 heteroatoms. The first kappa shape index (κ1) is 18.6. The largest absolute Gasteiger partial charge is 0.461 e. The minimum atomic E-state index is -0.420. The number of likely N-dealkylation sites (tertiary alicyclic amines) is 1. The van der Waals surface area contributed by atoms with Crippen LogP contribution >= 0.6 is 0 Å². The lowest BCUT2D eigenvalue weighted by atomic mass is 10.00. The quantitative estimate of drug-likeness (QED) is 0.765. The second kappa shape index (κ2) is 8.52. The van der Waals surface area contributed by atoms with Crippen LogP contribution in [-0.2, 0) is 9.47 Å². The van der Waals surface area contributed by atoms with Crippen LogP contribution in [0.5, 0.6) is 0 Å². The Bertz CT molecular complexity index is 619. The highest BCUT2D eigenvalue weighted by atomic mass is 16.5. The molecule has 1 N–H and O–H groups in total. The highest BCUT2D eigenvalue weighted by Gasteiger charge is 2.41. The summed E-state index contributed by atoms with van der Waals surface area (Å²) in [5.41, 5.74) is 0.259. The maximum atomic E-state index is 11.6.